The molecule has 0 aromatic heterocycles. The van der Waals surface area contributed by atoms with Crippen LogP contribution < -0.4 is 0 Å². The van der Waals surface area contributed by atoms with Crippen LogP contribution >= 0.6 is 0 Å². The quantitative estimate of drug-likeness (QED) is 0.753. The fraction of sp³-hybridized carbons (Fsp3) is 1.00. The van der Waals surface area contributed by atoms with E-state index >= 15 is 0 Å². The Bertz CT molecular complexity index is 350. The first-order valence-electron chi connectivity index (χ1n) is 6.36. The van der Waals surface area contributed by atoms with Crippen molar-refractivity contribution in [3.8, 4) is 0 Å². The van der Waals surface area contributed by atoms with Crippen LogP contribution in [0.5, 0.6) is 0 Å². The highest BCUT2D eigenvalue weighted by Gasteiger charge is 2.32. The van der Waals surface area contributed by atoms with Gasteiger partial charge in [-0.1, -0.05) is 12.8 Å². The number of nitrogens with zero attached hydrogens (tertiary/aromatic N) is 2. The molecule has 0 aromatic rings. The zero-order valence-electron chi connectivity index (χ0n) is 10.4. The number of aliphatic hydroxyl groups excluding tert-OH is 1. The maximum atomic E-state index is 11.4. The van der Waals surface area contributed by atoms with Crippen molar-refractivity contribution in [3.05, 3.63) is 0 Å². The molecule has 2 rings (SSSR count). The number of hydrogen-bond acceptors (Lipinski definition) is 4. The molecule has 1 aliphatic carbocycles. The Labute approximate surface area is 103 Å². The predicted octanol–water partition coefficient (Wildman–Crippen LogP) is -0.133. The third-order valence-electron chi connectivity index (χ3n) is 3.91. The van der Waals surface area contributed by atoms with Gasteiger partial charge < -0.3 is 5.11 Å². The Hall–Kier alpha value is -0.170. The number of sulfonamides is 1. The van der Waals surface area contributed by atoms with Gasteiger partial charge in [0, 0.05) is 32.2 Å². The van der Waals surface area contributed by atoms with Crippen LogP contribution in [0.1, 0.15) is 25.7 Å². The lowest BCUT2D eigenvalue weighted by molar-refractivity contribution is 0.00647. The van der Waals surface area contributed by atoms with Gasteiger partial charge in [0.05, 0.1) is 12.4 Å². The molecule has 17 heavy (non-hydrogen) atoms. The van der Waals surface area contributed by atoms with E-state index in [-0.39, 0.29) is 12.1 Å². The van der Waals surface area contributed by atoms with Crippen LogP contribution in [0.3, 0.4) is 0 Å². The zero-order valence-corrected chi connectivity index (χ0v) is 11.2. The summed E-state index contributed by atoms with van der Waals surface area (Å²) in [5, 5.41) is 9.97. The first kappa shape index (κ1) is 13.3. The maximum absolute atomic E-state index is 11.4. The molecule has 0 bridgehead atoms. The lowest BCUT2D eigenvalue weighted by atomic mass is 9.91. The van der Waals surface area contributed by atoms with E-state index in [0.29, 0.717) is 13.1 Å². The highest BCUT2D eigenvalue weighted by molar-refractivity contribution is 7.88. The maximum Gasteiger partial charge on any atom is 0.211 e. The topological polar surface area (TPSA) is 60.9 Å². The van der Waals surface area contributed by atoms with Crippen molar-refractivity contribution >= 4 is 10.0 Å². The molecule has 2 fully saturated rings. The van der Waals surface area contributed by atoms with Gasteiger partial charge in [-0.3, -0.25) is 4.90 Å². The highest BCUT2D eigenvalue weighted by Crippen LogP contribution is 2.24. The predicted molar refractivity (Wildman–Crippen MR) is 66.3 cm³/mol. The molecule has 6 heteroatoms. The van der Waals surface area contributed by atoms with E-state index in [0.717, 1.165) is 32.4 Å². The molecule has 0 aromatic carbocycles. The minimum Gasteiger partial charge on any atom is -0.391 e. The molecule has 1 heterocycles. The Kier molecular flexibility index (Phi) is 4.07. The van der Waals surface area contributed by atoms with E-state index in [2.05, 4.69) is 4.90 Å². The third-order valence-corrected chi connectivity index (χ3v) is 5.21. The first-order chi connectivity index (χ1) is 7.98. The van der Waals surface area contributed by atoms with Crippen LogP contribution in [0.25, 0.3) is 0 Å². The van der Waals surface area contributed by atoms with Crippen molar-refractivity contribution in [2.24, 2.45) is 0 Å². The van der Waals surface area contributed by atoms with Gasteiger partial charge in [-0.05, 0) is 12.8 Å². The Morgan fingerprint density at radius 2 is 1.65 bits per heavy atom. The van der Waals surface area contributed by atoms with Gasteiger partial charge in [0.15, 0.2) is 0 Å². The molecular weight excluding hydrogens is 240 g/mol. The average Bonchev–Trinajstić information content (AvgIpc) is 2.29. The summed E-state index contributed by atoms with van der Waals surface area (Å²) in [5.74, 6) is 0. The van der Waals surface area contributed by atoms with E-state index in [1.807, 2.05) is 0 Å². The van der Waals surface area contributed by atoms with Gasteiger partial charge >= 0.3 is 0 Å². The smallest absolute Gasteiger partial charge is 0.211 e. The minimum atomic E-state index is -3.05. The average molecular weight is 262 g/mol. The van der Waals surface area contributed by atoms with Gasteiger partial charge in [-0.25, -0.2) is 8.42 Å². The summed E-state index contributed by atoms with van der Waals surface area (Å²) in [6, 6.07) is 0.241. The Morgan fingerprint density at radius 1 is 1.06 bits per heavy atom. The van der Waals surface area contributed by atoms with Gasteiger partial charge in [0.25, 0.3) is 0 Å². The molecule has 2 aliphatic rings. The van der Waals surface area contributed by atoms with Crippen molar-refractivity contribution < 1.29 is 13.5 Å². The molecule has 1 aliphatic heterocycles. The van der Waals surface area contributed by atoms with Crippen molar-refractivity contribution in [1.29, 1.82) is 0 Å². The van der Waals surface area contributed by atoms with Crippen molar-refractivity contribution in [3.63, 3.8) is 0 Å². The highest BCUT2D eigenvalue weighted by atomic mass is 32.2. The van der Waals surface area contributed by atoms with Gasteiger partial charge in [-0.15, -0.1) is 0 Å². The number of piperazine rings is 1. The zero-order chi connectivity index (χ0) is 12.5. The molecular formula is C11H22N2O3S. The number of rotatable bonds is 2. The summed E-state index contributed by atoms with van der Waals surface area (Å²) in [4.78, 5) is 2.26. The van der Waals surface area contributed by atoms with Gasteiger partial charge in [-0.2, -0.15) is 4.31 Å². The molecule has 5 nitrogen and oxygen atoms in total. The second kappa shape index (κ2) is 5.22. The lowest BCUT2D eigenvalue weighted by Crippen LogP contribution is -2.55. The summed E-state index contributed by atoms with van der Waals surface area (Å²) in [5.41, 5.74) is 0. The second-order valence-corrected chi connectivity index (χ2v) is 7.10. The molecule has 0 radical (unpaired) electrons. The van der Waals surface area contributed by atoms with E-state index in [1.54, 1.807) is 0 Å². The largest absolute Gasteiger partial charge is 0.391 e. The van der Waals surface area contributed by atoms with Crippen LogP contribution in [0.15, 0.2) is 0 Å². The summed E-state index contributed by atoms with van der Waals surface area (Å²) >= 11 is 0. The van der Waals surface area contributed by atoms with E-state index in [9.17, 15) is 13.5 Å². The monoisotopic (exact) mass is 262 g/mol. The minimum absolute atomic E-state index is 0.228. The van der Waals surface area contributed by atoms with Crippen LogP contribution in [-0.2, 0) is 10.0 Å². The molecule has 1 N–H and O–H groups in total. The molecule has 1 saturated heterocycles. The first-order valence-corrected chi connectivity index (χ1v) is 8.20. The standard InChI is InChI=1S/C11H22N2O3S/c1-17(15,16)13-8-6-12(7-9-13)10-4-2-3-5-11(10)14/h10-11,14H,2-9H2,1H3/t10-,11-/m0/s1. The molecule has 0 amide bonds. The normalized spacial score (nSPS) is 33.8. The lowest BCUT2D eigenvalue weighted by Gasteiger charge is -2.42. The van der Waals surface area contributed by atoms with E-state index in [1.165, 1.54) is 17.0 Å². The van der Waals surface area contributed by atoms with Crippen molar-refractivity contribution in [2.75, 3.05) is 32.4 Å². The summed E-state index contributed by atoms with van der Waals surface area (Å²) in [6.45, 7) is 2.60. The fourth-order valence-electron chi connectivity index (χ4n) is 2.88. The van der Waals surface area contributed by atoms with Crippen LogP contribution in [-0.4, -0.2) is 67.3 Å². The summed E-state index contributed by atoms with van der Waals surface area (Å²) in [7, 11) is -3.05. The van der Waals surface area contributed by atoms with E-state index < -0.39 is 10.0 Å². The van der Waals surface area contributed by atoms with Crippen molar-refractivity contribution in [2.45, 2.75) is 37.8 Å². The van der Waals surface area contributed by atoms with Crippen LogP contribution in [0.4, 0.5) is 0 Å². The Morgan fingerprint density at radius 3 is 2.18 bits per heavy atom. The number of aliphatic hydroxyl groups is 1. The van der Waals surface area contributed by atoms with Crippen LogP contribution in [0.2, 0.25) is 0 Å². The summed E-state index contributed by atoms with van der Waals surface area (Å²) in [6.07, 6.45) is 5.25. The molecule has 0 unspecified atom stereocenters. The van der Waals surface area contributed by atoms with E-state index in [4.69, 9.17) is 0 Å². The Balaban J connectivity index is 1.90. The second-order valence-electron chi connectivity index (χ2n) is 5.12. The third kappa shape index (κ3) is 3.19. The number of hydrogen-bond donors (Lipinski definition) is 1. The van der Waals surface area contributed by atoms with Gasteiger partial charge in [0.2, 0.25) is 10.0 Å². The van der Waals surface area contributed by atoms with Crippen molar-refractivity contribution in [1.82, 2.24) is 9.21 Å². The fourth-order valence-corrected chi connectivity index (χ4v) is 3.71. The van der Waals surface area contributed by atoms with Crippen LogP contribution in [0, 0.1) is 0 Å². The van der Waals surface area contributed by atoms with Gasteiger partial charge in [0.1, 0.15) is 0 Å². The molecule has 0 spiro atoms. The molecule has 1 saturated carbocycles. The molecule has 100 valence electrons. The summed E-state index contributed by atoms with van der Waals surface area (Å²) < 4.78 is 24.3. The molecule has 2 atom stereocenters. The SMILES string of the molecule is CS(=O)(=O)N1CCN([C@H]2CCCC[C@@H]2O)CC1.